The Morgan fingerprint density at radius 2 is 2.00 bits per heavy atom. The molecule has 0 radical (unpaired) electrons. The quantitative estimate of drug-likeness (QED) is 0.882. The Balaban J connectivity index is 2.01. The molecule has 0 aliphatic carbocycles. The number of aryl methyl sites for hydroxylation is 3. The van der Waals surface area contributed by atoms with Gasteiger partial charge < -0.3 is 9.88 Å². The Morgan fingerprint density at radius 3 is 2.61 bits per heavy atom. The van der Waals surface area contributed by atoms with Crippen molar-refractivity contribution in [3.8, 4) is 0 Å². The van der Waals surface area contributed by atoms with Gasteiger partial charge in [0.25, 0.3) is 5.91 Å². The molecule has 0 aliphatic heterocycles. The van der Waals surface area contributed by atoms with Gasteiger partial charge in [0.15, 0.2) is 0 Å². The van der Waals surface area contributed by atoms with Gasteiger partial charge in [-0.05, 0) is 48.7 Å². The van der Waals surface area contributed by atoms with Crippen molar-refractivity contribution in [3.63, 3.8) is 0 Å². The van der Waals surface area contributed by atoms with Crippen molar-refractivity contribution in [1.29, 1.82) is 0 Å². The molecule has 0 aliphatic rings. The summed E-state index contributed by atoms with van der Waals surface area (Å²) in [5, 5.41) is 2.92. The van der Waals surface area contributed by atoms with Crippen LogP contribution in [-0.4, -0.2) is 10.5 Å². The van der Waals surface area contributed by atoms with Gasteiger partial charge in [-0.25, -0.2) is 0 Å². The Bertz CT molecular complexity index is 570. The second kappa shape index (κ2) is 5.08. The van der Waals surface area contributed by atoms with Gasteiger partial charge in [0.05, 0.1) is 0 Å². The van der Waals surface area contributed by atoms with Crippen molar-refractivity contribution in [1.82, 2.24) is 9.88 Å². The van der Waals surface area contributed by atoms with Crippen molar-refractivity contribution in [2.45, 2.75) is 20.4 Å². The summed E-state index contributed by atoms with van der Waals surface area (Å²) in [4.78, 5) is 12.0. The fourth-order valence-corrected chi connectivity index (χ4v) is 1.83. The molecule has 2 aromatic rings. The van der Waals surface area contributed by atoms with Gasteiger partial charge in [0.1, 0.15) is 0 Å². The van der Waals surface area contributed by atoms with Crippen molar-refractivity contribution in [2.75, 3.05) is 0 Å². The van der Waals surface area contributed by atoms with Crippen LogP contribution >= 0.6 is 0 Å². The molecule has 0 unspecified atom stereocenters. The molecule has 1 N–H and O–H groups in total. The maximum absolute atomic E-state index is 12.0. The second-order valence-electron chi connectivity index (χ2n) is 4.67. The van der Waals surface area contributed by atoms with Gasteiger partial charge in [-0.15, -0.1) is 0 Å². The summed E-state index contributed by atoms with van der Waals surface area (Å²) in [6, 6.07) is 7.77. The van der Waals surface area contributed by atoms with Crippen LogP contribution in [-0.2, 0) is 13.6 Å². The molecule has 1 aromatic carbocycles. The van der Waals surface area contributed by atoms with E-state index in [2.05, 4.69) is 5.32 Å². The first-order chi connectivity index (χ1) is 8.56. The lowest BCUT2D eigenvalue weighted by molar-refractivity contribution is 0.0951. The number of amides is 1. The third-order valence-corrected chi connectivity index (χ3v) is 3.12. The predicted molar refractivity (Wildman–Crippen MR) is 72.5 cm³/mol. The lowest BCUT2D eigenvalue weighted by atomic mass is 10.1. The van der Waals surface area contributed by atoms with Gasteiger partial charge in [-0.3, -0.25) is 4.79 Å². The van der Waals surface area contributed by atoms with E-state index >= 15 is 0 Å². The van der Waals surface area contributed by atoms with Crippen LogP contribution in [0.25, 0.3) is 0 Å². The normalized spacial score (nSPS) is 10.4. The molecule has 3 heteroatoms. The molecular weight excluding hydrogens is 224 g/mol. The average molecular weight is 242 g/mol. The lowest BCUT2D eigenvalue weighted by Gasteiger charge is -2.06. The molecule has 0 atom stereocenters. The van der Waals surface area contributed by atoms with Crippen molar-refractivity contribution < 1.29 is 4.79 Å². The minimum Gasteiger partial charge on any atom is -0.357 e. The molecule has 1 amide bonds. The number of benzene rings is 1. The summed E-state index contributed by atoms with van der Waals surface area (Å²) < 4.78 is 1.97. The van der Waals surface area contributed by atoms with E-state index in [-0.39, 0.29) is 5.91 Å². The van der Waals surface area contributed by atoms with Gasteiger partial charge in [0.2, 0.25) is 0 Å². The van der Waals surface area contributed by atoms with E-state index in [1.807, 2.05) is 62.1 Å². The monoisotopic (exact) mass is 242 g/mol. The number of nitrogens with one attached hydrogen (secondary N) is 1. The number of aromatic nitrogens is 1. The molecule has 0 spiro atoms. The van der Waals surface area contributed by atoms with Crippen molar-refractivity contribution >= 4 is 5.91 Å². The molecule has 2 rings (SSSR count). The van der Waals surface area contributed by atoms with Crippen molar-refractivity contribution in [3.05, 3.63) is 58.9 Å². The van der Waals surface area contributed by atoms with E-state index in [9.17, 15) is 4.79 Å². The Kier molecular flexibility index (Phi) is 3.51. The molecule has 18 heavy (non-hydrogen) atoms. The molecule has 0 saturated heterocycles. The van der Waals surface area contributed by atoms with E-state index in [0.717, 1.165) is 11.1 Å². The Hall–Kier alpha value is -2.03. The minimum absolute atomic E-state index is 0.0260. The maximum atomic E-state index is 12.0. The van der Waals surface area contributed by atoms with Crippen LogP contribution < -0.4 is 5.32 Å². The second-order valence-corrected chi connectivity index (χ2v) is 4.67. The largest absolute Gasteiger partial charge is 0.357 e. The van der Waals surface area contributed by atoms with E-state index in [1.54, 1.807) is 0 Å². The van der Waals surface area contributed by atoms with Crippen LogP contribution in [0.2, 0.25) is 0 Å². The van der Waals surface area contributed by atoms with Crippen molar-refractivity contribution in [2.24, 2.45) is 7.05 Å². The molecule has 0 saturated carbocycles. The summed E-state index contributed by atoms with van der Waals surface area (Å²) in [7, 11) is 1.97. The Labute approximate surface area is 107 Å². The maximum Gasteiger partial charge on any atom is 0.251 e. The zero-order chi connectivity index (χ0) is 13.1. The van der Waals surface area contributed by atoms with E-state index in [0.29, 0.717) is 12.1 Å². The number of rotatable bonds is 3. The highest BCUT2D eigenvalue weighted by Crippen LogP contribution is 2.10. The molecule has 1 aromatic heterocycles. The van der Waals surface area contributed by atoms with E-state index in [1.165, 1.54) is 5.56 Å². The zero-order valence-electron chi connectivity index (χ0n) is 11.0. The zero-order valence-corrected chi connectivity index (χ0v) is 11.0. The number of carbonyl (C=O) groups is 1. The molecule has 0 bridgehead atoms. The summed E-state index contributed by atoms with van der Waals surface area (Å²) in [5.74, 6) is -0.0260. The van der Waals surface area contributed by atoms with Gasteiger partial charge in [-0.2, -0.15) is 0 Å². The van der Waals surface area contributed by atoms with Crippen LogP contribution in [0.1, 0.15) is 27.0 Å². The Morgan fingerprint density at radius 1 is 1.22 bits per heavy atom. The van der Waals surface area contributed by atoms with Crippen LogP contribution in [0.4, 0.5) is 0 Å². The lowest BCUT2D eigenvalue weighted by Crippen LogP contribution is -2.22. The first-order valence-electron chi connectivity index (χ1n) is 6.02. The summed E-state index contributed by atoms with van der Waals surface area (Å²) in [5.41, 5.74) is 4.17. The number of carbonyl (C=O) groups excluding carboxylic acids is 1. The van der Waals surface area contributed by atoms with Gasteiger partial charge in [0, 0.05) is 31.5 Å². The number of hydrogen-bond donors (Lipinski definition) is 1. The summed E-state index contributed by atoms with van der Waals surface area (Å²) >= 11 is 0. The van der Waals surface area contributed by atoms with E-state index < -0.39 is 0 Å². The van der Waals surface area contributed by atoms with Crippen LogP contribution in [0.3, 0.4) is 0 Å². The summed E-state index contributed by atoms with van der Waals surface area (Å²) in [6.45, 7) is 4.62. The topological polar surface area (TPSA) is 34.0 Å². The molecule has 1 heterocycles. The molecular formula is C15H18N2O. The van der Waals surface area contributed by atoms with Crippen LogP contribution in [0, 0.1) is 13.8 Å². The fourth-order valence-electron chi connectivity index (χ4n) is 1.83. The SMILES string of the molecule is Cc1ccc(C(=O)NCc2ccn(C)c2)cc1C. The van der Waals surface area contributed by atoms with Crippen LogP contribution in [0.5, 0.6) is 0 Å². The van der Waals surface area contributed by atoms with Gasteiger partial charge in [-0.1, -0.05) is 6.07 Å². The molecule has 94 valence electrons. The number of nitrogens with zero attached hydrogens (tertiary/aromatic N) is 1. The highest BCUT2D eigenvalue weighted by atomic mass is 16.1. The number of hydrogen-bond acceptors (Lipinski definition) is 1. The minimum atomic E-state index is -0.0260. The third-order valence-electron chi connectivity index (χ3n) is 3.12. The standard InChI is InChI=1S/C15H18N2O/c1-11-4-5-14(8-12(11)2)15(18)16-9-13-6-7-17(3)10-13/h4-8,10H,9H2,1-3H3,(H,16,18). The first-order valence-corrected chi connectivity index (χ1v) is 6.02. The third kappa shape index (κ3) is 2.80. The molecule has 3 nitrogen and oxygen atoms in total. The van der Waals surface area contributed by atoms with Crippen LogP contribution in [0.15, 0.2) is 36.7 Å². The predicted octanol–water partition coefficient (Wildman–Crippen LogP) is 2.57. The van der Waals surface area contributed by atoms with Gasteiger partial charge >= 0.3 is 0 Å². The molecule has 0 fully saturated rings. The highest BCUT2D eigenvalue weighted by molar-refractivity contribution is 5.94. The average Bonchev–Trinajstić information content (AvgIpc) is 2.75. The first kappa shape index (κ1) is 12.4. The fraction of sp³-hybridized carbons (Fsp3) is 0.267. The highest BCUT2D eigenvalue weighted by Gasteiger charge is 2.06. The van der Waals surface area contributed by atoms with E-state index in [4.69, 9.17) is 0 Å². The smallest absolute Gasteiger partial charge is 0.251 e. The summed E-state index contributed by atoms with van der Waals surface area (Å²) in [6.07, 6.45) is 3.97.